The van der Waals surface area contributed by atoms with Crippen molar-refractivity contribution in [2.45, 2.75) is 250 Å². The van der Waals surface area contributed by atoms with Crippen LogP contribution in [0.1, 0.15) is 104 Å². The zero-order chi connectivity index (χ0) is 78.8. The molecule has 28 heteroatoms. The van der Waals surface area contributed by atoms with Crippen LogP contribution in [0, 0.1) is 41.4 Å². The Morgan fingerprint density at radius 2 is 0.676 bits per heavy atom. The first-order chi connectivity index (χ1) is 53.6. The third kappa shape index (κ3) is 21.7. The second kappa shape index (κ2) is 40.5. The number of benzene rings is 5. The van der Waals surface area contributed by atoms with E-state index in [1.165, 1.54) is 20.8 Å². The molecule has 6 saturated heterocycles. The van der Waals surface area contributed by atoms with E-state index in [-0.39, 0.29) is 57.9 Å². The van der Waals surface area contributed by atoms with E-state index in [0.29, 0.717) is 6.42 Å². The van der Waals surface area contributed by atoms with E-state index in [0.717, 1.165) is 27.8 Å². The molecule has 1 N–H and O–H groups in total. The molecule has 6 aliphatic heterocycles. The predicted molar refractivity (Wildman–Crippen MR) is 400 cm³/mol. The average molecular weight is 1540 g/mol. The first kappa shape index (κ1) is 84.4. The lowest BCUT2D eigenvalue weighted by molar-refractivity contribution is -0.372. The molecule has 0 aliphatic carbocycles. The van der Waals surface area contributed by atoms with Gasteiger partial charge in [0.05, 0.1) is 86.8 Å². The summed E-state index contributed by atoms with van der Waals surface area (Å²) in [5.41, 5.74) is 25.5. The highest BCUT2D eigenvalue weighted by Gasteiger charge is 2.57. The van der Waals surface area contributed by atoms with Crippen molar-refractivity contribution in [2.75, 3.05) is 26.9 Å². The number of methoxy groups -OCH3 is 1. The van der Waals surface area contributed by atoms with E-state index in [9.17, 15) is 30.6 Å². The van der Waals surface area contributed by atoms with Crippen LogP contribution in [0.25, 0.3) is 20.9 Å². The zero-order valence-corrected chi connectivity index (χ0v) is 65.1. The number of aliphatic hydroxyl groups is 1. The third-order valence-corrected chi connectivity index (χ3v) is 22.3. The van der Waals surface area contributed by atoms with Gasteiger partial charge >= 0.3 is 17.9 Å². The zero-order valence-electron chi connectivity index (χ0n) is 65.1. The summed E-state index contributed by atoms with van der Waals surface area (Å²) < 4.78 is 121. The van der Waals surface area contributed by atoms with Crippen LogP contribution in [0.4, 0.5) is 0 Å². The van der Waals surface area contributed by atoms with Crippen molar-refractivity contribution in [3.63, 3.8) is 0 Å². The minimum Gasteiger partial charge on any atom is -0.463 e. The molecule has 0 spiro atoms. The number of esters is 3. The van der Waals surface area contributed by atoms with Crippen LogP contribution < -0.4 is 0 Å². The van der Waals surface area contributed by atoms with Gasteiger partial charge < -0.3 is 90.4 Å². The molecule has 0 radical (unpaired) electrons. The smallest absolute Gasteiger partial charge is 0.302 e. The largest absolute Gasteiger partial charge is 0.463 e. The summed E-state index contributed by atoms with van der Waals surface area (Å²) in [5.74, 6) is -5.34. The molecule has 30 atom stereocenters. The molecule has 5 aromatic rings. The Morgan fingerprint density at radius 3 is 1.07 bits per heavy atom. The van der Waals surface area contributed by atoms with Crippen molar-refractivity contribution in [1.82, 2.24) is 0 Å². The van der Waals surface area contributed by atoms with E-state index >= 15 is 0 Å². The van der Waals surface area contributed by atoms with Gasteiger partial charge in [-0.15, -0.1) is 0 Å². The van der Waals surface area contributed by atoms with E-state index in [1.54, 1.807) is 7.11 Å². The quantitative estimate of drug-likeness (QED) is 0.0137. The Hall–Kier alpha value is -7.51. The fraction of sp³-hybridized carbons (Fsp3) is 0.602. The second-order valence-electron chi connectivity index (χ2n) is 30.1. The summed E-state index contributed by atoms with van der Waals surface area (Å²) >= 11 is 0. The molecule has 28 nitrogen and oxygen atoms in total. The maximum atomic E-state index is 13.0. The van der Waals surface area contributed by atoms with E-state index in [4.69, 9.17) is 85.3 Å². The number of carbonyl (C=O) groups is 3. The second-order valence-corrected chi connectivity index (χ2v) is 30.1. The first-order valence-corrected chi connectivity index (χ1v) is 38.5. The van der Waals surface area contributed by atoms with Crippen molar-refractivity contribution in [3.05, 3.63) is 200 Å². The van der Waals surface area contributed by atoms with Crippen LogP contribution >= 0.6 is 0 Å². The average Bonchev–Trinajstić information content (AvgIpc) is 0.767. The lowest BCUT2D eigenvalue weighted by Gasteiger charge is -2.52. The van der Waals surface area contributed by atoms with Gasteiger partial charge in [-0.05, 0) is 63.6 Å². The number of hydrogen-bond donors (Lipinski definition) is 1. The van der Waals surface area contributed by atoms with Gasteiger partial charge in [0.2, 0.25) is 0 Å². The fourth-order valence-electron chi connectivity index (χ4n) is 15.9. The molecule has 6 aliphatic rings. The normalized spacial score (nSPS) is 36.3. The van der Waals surface area contributed by atoms with Gasteiger partial charge in [0.15, 0.2) is 37.7 Å². The van der Waals surface area contributed by atoms with Crippen molar-refractivity contribution < 1.29 is 105 Å². The molecule has 6 fully saturated rings. The van der Waals surface area contributed by atoms with Crippen LogP contribution in [-0.4, -0.2) is 191 Å². The highest BCUT2D eigenvalue weighted by molar-refractivity contribution is 5.66. The van der Waals surface area contributed by atoms with E-state index in [1.807, 2.05) is 207 Å². The summed E-state index contributed by atoms with van der Waals surface area (Å²) in [6.07, 6.45) is -19.4. The topological polar surface area (TPSA) is 335 Å². The third-order valence-electron chi connectivity index (χ3n) is 22.3. The van der Waals surface area contributed by atoms with Crippen LogP contribution in [0.15, 0.2) is 162 Å². The minimum atomic E-state index is -1.37. The van der Waals surface area contributed by atoms with Crippen molar-refractivity contribution in [2.24, 2.45) is 51.7 Å². The Bertz CT molecular complexity index is 3800. The number of aliphatic hydroxyl groups excluding tert-OH is 1. The fourth-order valence-corrected chi connectivity index (χ4v) is 15.9. The van der Waals surface area contributed by atoms with Gasteiger partial charge in [-0.2, -0.15) is 0 Å². The molecule has 0 aromatic heterocycles. The number of hydrogen-bond acceptors (Lipinski definition) is 24. The van der Waals surface area contributed by atoms with Gasteiger partial charge in [-0.3, -0.25) is 14.4 Å². The SMILES string of the molecule is CO[C@@H]1OC(COC(C)=O)[C@@H](O[C@@H]2OC(C)C(O[C@@H]3OC(COC(C)=O)[C@@H](O[C@@H]4OC(Cc5ccccc5)[C@H](O[C@@H]5OC(COC(C)=O)[C@@H](O[C@@H]6OC(Cc7ccccc7)[C@@H](O)[C@@H](OCc7ccccc7)C6C)[C@H](C)C5N=[N+]=[N-])[C@@H](OCc5ccccc5)C4C)[C@H](C)C3N=[N+]=[N-])[C@@H](OCc3ccccc3)C2C)[C@H](C)C1C. The molecule has 602 valence electrons. The summed E-state index contributed by atoms with van der Waals surface area (Å²) in [6.45, 7) is 18.9. The van der Waals surface area contributed by atoms with Crippen molar-refractivity contribution >= 4 is 17.9 Å². The maximum absolute atomic E-state index is 13.0. The van der Waals surface area contributed by atoms with E-state index < -0.39 is 189 Å². The molecule has 6 heterocycles. The summed E-state index contributed by atoms with van der Waals surface area (Å²) in [6, 6.07) is 46.0. The van der Waals surface area contributed by atoms with Crippen LogP contribution in [0.5, 0.6) is 0 Å². The van der Waals surface area contributed by atoms with Gasteiger partial charge in [-0.25, -0.2) is 0 Å². The van der Waals surface area contributed by atoms with Gasteiger partial charge in [-0.1, -0.05) is 210 Å². The Kier molecular flexibility index (Phi) is 30.8. The lowest BCUT2D eigenvalue weighted by atomic mass is 9.84. The molecular weight excluding hydrogens is 1430 g/mol. The van der Waals surface area contributed by atoms with Crippen LogP contribution in [0.2, 0.25) is 0 Å². The molecule has 0 bridgehead atoms. The van der Waals surface area contributed by atoms with E-state index in [2.05, 4.69) is 20.1 Å². The van der Waals surface area contributed by atoms with Gasteiger partial charge in [0, 0.05) is 74.2 Å². The Morgan fingerprint density at radius 1 is 0.360 bits per heavy atom. The number of azide groups is 2. The Labute approximate surface area is 649 Å². The number of carbonyl (C=O) groups excluding carboxylic acids is 3. The molecule has 0 saturated carbocycles. The number of ether oxygens (including phenoxy) is 18. The maximum Gasteiger partial charge on any atom is 0.302 e. The van der Waals surface area contributed by atoms with Crippen LogP contribution in [-0.2, 0) is 132 Å². The number of rotatable bonds is 32. The molecule has 13 unspecified atom stereocenters. The standard InChI is InChI=1S/C83H108N6O22/c1-46-47(2)78(94-12)104-64(43-95-54(9)90)70(46)107-79-51(6)74(99-41-60-34-24-16-25-35-60)76(53(8)101-79)110-82-67(86-88-84)48(3)72(65(105-82)44-96-55(10)91)109-81-52(7)75(100-42-61-36-26-17-27-37-61)77(63(103-81)39-58-30-20-14-21-31-58)111-83-68(87-89-85)49(4)71(66(106-83)45-97-56(11)92)108-80-50(5)73(98-40-59-32-22-15-23-33-59)69(93)62(102-80)38-57-28-18-13-19-29-57/h13-37,46-53,62-83,93H,38-45H2,1-12H3/t46-,47?,48-,49-,50?,51?,52?,53?,62?,63?,64?,65?,66?,67?,68?,69-,70+,71+,72+,73+,74+,75+,76?,77+,78-,79+,80+,81+,82+,83+/m1/s1. The monoisotopic (exact) mass is 1540 g/mol. The molecule has 0 amide bonds. The molecule has 111 heavy (non-hydrogen) atoms. The van der Waals surface area contributed by atoms with Crippen molar-refractivity contribution in [1.29, 1.82) is 0 Å². The van der Waals surface area contributed by atoms with Crippen LogP contribution in [0.3, 0.4) is 0 Å². The minimum absolute atomic E-state index is 0.0857. The van der Waals surface area contributed by atoms with Crippen molar-refractivity contribution in [3.8, 4) is 0 Å². The molecule has 11 rings (SSSR count). The van der Waals surface area contributed by atoms with Gasteiger partial charge in [0.1, 0.15) is 56.4 Å². The predicted octanol–water partition coefficient (Wildman–Crippen LogP) is 12.0. The summed E-state index contributed by atoms with van der Waals surface area (Å²) in [4.78, 5) is 44.8. The highest BCUT2D eigenvalue weighted by atomic mass is 16.8. The highest BCUT2D eigenvalue weighted by Crippen LogP contribution is 2.45. The summed E-state index contributed by atoms with van der Waals surface area (Å²) in [7, 11) is 1.57. The first-order valence-electron chi connectivity index (χ1n) is 38.5. The molecule has 5 aromatic carbocycles. The Balaban J connectivity index is 0.888. The van der Waals surface area contributed by atoms with Gasteiger partial charge in [0.25, 0.3) is 0 Å². The lowest BCUT2D eigenvalue weighted by Crippen LogP contribution is -2.64. The molecular formula is C83H108N6O22. The number of nitrogens with zero attached hydrogens (tertiary/aromatic N) is 6. The summed E-state index contributed by atoms with van der Waals surface area (Å²) in [5, 5.41) is 20.9.